The largest absolute Gasteiger partial charge is 0.497 e. The van der Waals surface area contributed by atoms with Crippen LogP contribution in [0.5, 0.6) is 5.75 Å². The number of fused-ring (bicyclic) bond motifs is 2. The van der Waals surface area contributed by atoms with Crippen LogP contribution in [-0.2, 0) is 4.74 Å². The van der Waals surface area contributed by atoms with E-state index in [0.29, 0.717) is 16.9 Å². The predicted molar refractivity (Wildman–Crippen MR) is 72.7 cm³/mol. The fourth-order valence-corrected chi connectivity index (χ4v) is 3.24. The van der Waals surface area contributed by atoms with Crippen LogP contribution in [0.25, 0.3) is 0 Å². The Morgan fingerprint density at radius 3 is 2.65 bits per heavy atom. The minimum absolute atomic E-state index is 0.0274. The number of hydrogen-bond donors (Lipinski definition) is 0. The molecule has 2 unspecified atom stereocenters. The molecular weight excluding hydrogens is 254 g/mol. The molecule has 2 fully saturated rings. The van der Waals surface area contributed by atoms with Crippen LogP contribution in [0.2, 0.25) is 0 Å². The highest BCUT2D eigenvalue weighted by atomic mass is 16.5. The summed E-state index contributed by atoms with van der Waals surface area (Å²) >= 11 is 0. The summed E-state index contributed by atoms with van der Waals surface area (Å²) in [6, 6.07) is 7.14. The van der Waals surface area contributed by atoms with Crippen LogP contribution in [-0.4, -0.2) is 25.1 Å². The predicted octanol–water partition coefficient (Wildman–Crippen LogP) is 2.71. The Hall–Kier alpha value is -1.86. The van der Waals surface area contributed by atoms with E-state index in [-0.39, 0.29) is 23.9 Å². The van der Waals surface area contributed by atoms with Gasteiger partial charge in [-0.2, -0.15) is 5.26 Å². The molecule has 104 valence electrons. The van der Waals surface area contributed by atoms with E-state index in [9.17, 15) is 10.1 Å². The molecule has 2 atom stereocenters. The van der Waals surface area contributed by atoms with Gasteiger partial charge in [-0.1, -0.05) is 0 Å². The summed E-state index contributed by atoms with van der Waals surface area (Å²) in [7, 11) is 1.56. The number of benzene rings is 1. The Morgan fingerprint density at radius 2 is 2.05 bits per heavy atom. The Kier molecular flexibility index (Phi) is 3.45. The number of carbonyl (C=O) groups is 1. The normalized spacial score (nSPS) is 27.9. The van der Waals surface area contributed by atoms with Crippen molar-refractivity contribution in [2.45, 2.75) is 37.9 Å². The van der Waals surface area contributed by atoms with Crippen molar-refractivity contribution in [2.75, 3.05) is 7.11 Å². The quantitative estimate of drug-likeness (QED) is 0.793. The standard InChI is InChI=1S/C16H17NO3/c1-19-12-3-2-10(9-17)15(8-12)16(18)11-6-13-4-5-14(7-11)20-13/h2-3,8,11,13-14H,4-7H2,1H3. The van der Waals surface area contributed by atoms with Gasteiger partial charge in [0.15, 0.2) is 5.78 Å². The molecule has 0 aromatic heterocycles. The summed E-state index contributed by atoms with van der Waals surface area (Å²) in [5.41, 5.74) is 0.910. The molecule has 1 aromatic rings. The number of nitriles is 1. The lowest BCUT2D eigenvalue weighted by atomic mass is 9.86. The van der Waals surface area contributed by atoms with Gasteiger partial charge >= 0.3 is 0 Å². The smallest absolute Gasteiger partial charge is 0.167 e. The zero-order valence-corrected chi connectivity index (χ0v) is 11.5. The minimum atomic E-state index is -0.0274. The summed E-state index contributed by atoms with van der Waals surface area (Å²) in [6.07, 6.45) is 4.10. The summed E-state index contributed by atoms with van der Waals surface area (Å²) in [5, 5.41) is 9.18. The van der Waals surface area contributed by atoms with Crippen molar-refractivity contribution in [3.63, 3.8) is 0 Å². The Labute approximate surface area is 118 Å². The Balaban J connectivity index is 1.88. The fraction of sp³-hybridized carbons (Fsp3) is 0.500. The SMILES string of the molecule is COc1ccc(C#N)c(C(=O)C2CC3CCC(C2)O3)c1. The molecule has 2 aliphatic heterocycles. The van der Waals surface area contributed by atoms with E-state index in [1.807, 2.05) is 0 Å². The molecule has 0 N–H and O–H groups in total. The average Bonchev–Trinajstić information content (AvgIpc) is 2.84. The molecule has 0 aliphatic carbocycles. The van der Waals surface area contributed by atoms with Crippen molar-refractivity contribution in [2.24, 2.45) is 5.92 Å². The zero-order chi connectivity index (χ0) is 14.1. The first kappa shape index (κ1) is 13.1. The molecule has 3 rings (SSSR count). The molecule has 2 saturated heterocycles. The number of ether oxygens (including phenoxy) is 2. The van der Waals surface area contributed by atoms with Gasteiger partial charge in [-0.15, -0.1) is 0 Å². The van der Waals surface area contributed by atoms with Crippen molar-refractivity contribution < 1.29 is 14.3 Å². The molecule has 0 saturated carbocycles. The first-order chi connectivity index (χ1) is 9.71. The van der Waals surface area contributed by atoms with Gasteiger partial charge in [0.1, 0.15) is 5.75 Å². The molecule has 20 heavy (non-hydrogen) atoms. The number of methoxy groups -OCH3 is 1. The Bertz CT molecular complexity index is 564. The molecule has 2 aliphatic rings. The molecular formula is C16H17NO3. The topological polar surface area (TPSA) is 59.3 Å². The first-order valence-electron chi connectivity index (χ1n) is 6.99. The third-order valence-corrected chi connectivity index (χ3v) is 4.27. The maximum absolute atomic E-state index is 12.7. The maximum atomic E-state index is 12.7. The van der Waals surface area contributed by atoms with Crippen LogP contribution < -0.4 is 4.74 Å². The molecule has 4 nitrogen and oxygen atoms in total. The van der Waals surface area contributed by atoms with E-state index in [1.54, 1.807) is 25.3 Å². The molecule has 0 radical (unpaired) electrons. The van der Waals surface area contributed by atoms with Crippen LogP contribution in [0.3, 0.4) is 0 Å². The van der Waals surface area contributed by atoms with Gasteiger partial charge in [-0.25, -0.2) is 0 Å². The third kappa shape index (κ3) is 2.30. The lowest BCUT2D eigenvalue weighted by molar-refractivity contribution is -0.0149. The van der Waals surface area contributed by atoms with E-state index in [4.69, 9.17) is 9.47 Å². The highest BCUT2D eigenvalue weighted by Crippen LogP contribution is 2.37. The van der Waals surface area contributed by atoms with Crippen molar-refractivity contribution in [1.29, 1.82) is 5.26 Å². The van der Waals surface area contributed by atoms with Crippen LogP contribution in [0.1, 0.15) is 41.6 Å². The monoisotopic (exact) mass is 271 g/mol. The number of rotatable bonds is 3. The van der Waals surface area contributed by atoms with Gasteiger partial charge in [-0.05, 0) is 43.9 Å². The summed E-state index contributed by atoms with van der Waals surface area (Å²) in [4.78, 5) is 12.7. The first-order valence-corrected chi connectivity index (χ1v) is 6.99. The van der Waals surface area contributed by atoms with Gasteiger partial charge < -0.3 is 9.47 Å². The van der Waals surface area contributed by atoms with Crippen molar-refractivity contribution in [3.05, 3.63) is 29.3 Å². The maximum Gasteiger partial charge on any atom is 0.167 e. The van der Waals surface area contributed by atoms with Crippen LogP contribution in [0, 0.1) is 17.2 Å². The lowest BCUT2D eigenvalue weighted by Gasteiger charge is -2.27. The van der Waals surface area contributed by atoms with Crippen LogP contribution in [0.15, 0.2) is 18.2 Å². The van der Waals surface area contributed by atoms with Crippen molar-refractivity contribution >= 4 is 5.78 Å². The van der Waals surface area contributed by atoms with E-state index < -0.39 is 0 Å². The molecule has 0 amide bonds. The van der Waals surface area contributed by atoms with E-state index in [0.717, 1.165) is 25.7 Å². The van der Waals surface area contributed by atoms with E-state index in [1.165, 1.54) is 0 Å². The van der Waals surface area contributed by atoms with E-state index in [2.05, 4.69) is 6.07 Å². The van der Waals surface area contributed by atoms with Crippen molar-refractivity contribution in [3.8, 4) is 11.8 Å². The second-order valence-corrected chi connectivity index (χ2v) is 5.51. The minimum Gasteiger partial charge on any atom is -0.497 e. The zero-order valence-electron chi connectivity index (χ0n) is 11.5. The summed E-state index contributed by atoms with van der Waals surface area (Å²) in [5.74, 6) is 0.642. The van der Waals surface area contributed by atoms with Gasteiger partial charge in [0.2, 0.25) is 0 Å². The number of nitrogens with zero attached hydrogens (tertiary/aromatic N) is 1. The average molecular weight is 271 g/mol. The van der Waals surface area contributed by atoms with Crippen LogP contribution >= 0.6 is 0 Å². The summed E-state index contributed by atoms with van der Waals surface area (Å²) in [6.45, 7) is 0. The van der Waals surface area contributed by atoms with Gasteiger partial charge in [0, 0.05) is 11.5 Å². The van der Waals surface area contributed by atoms with E-state index >= 15 is 0 Å². The molecule has 2 heterocycles. The fourth-order valence-electron chi connectivity index (χ4n) is 3.24. The van der Waals surface area contributed by atoms with Crippen LogP contribution in [0.4, 0.5) is 0 Å². The van der Waals surface area contributed by atoms with Gasteiger partial charge in [0.25, 0.3) is 0 Å². The molecule has 2 bridgehead atoms. The highest BCUT2D eigenvalue weighted by molar-refractivity contribution is 6.00. The highest BCUT2D eigenvalue weighted by Gasteiger charge is 2.38. The van der Waals surface area contributed by atoms with Crippen molar-refractivity contribution in [1.82, 2.24) is 0 Å². The Morgan fingerprint density at radius 1 is 1.35 bits per heavy atom. The second-order valence-electron chi connectivity index (χ2n) is 5.51. The second kappa shape index (κ2) is 5.26. The number of Topliss-reactive ketones (excluding diaryl/α,β-unsaturated/α-hetero) is 1. The lowest BCUT2D eigenvalue weighted by Crippen LogP contribution is -2.30. The van der Waals surface area contributed by atoms with Gasteiger partial charge in [0.05, 0.1) is 31.0 Å². The molecule has 1 aromatic carbocycles. The number of ketones is 1. The molecule has 4 heteroatoms. The molecule has 0 spiro atoms. The third-order valence-electron chi connectivity index (χ3n) is 4.27. The van der Waals surface area contributed by atoms with Gasteiger partial charge in [-0.3, -0.25) is 4.79 Å². The summed E-state index contributed by atoms with van der Waals surface area (Å²) < 4.78 is 10.9. The number of carbonyl (C=O) groups excluding carboxylic acids is 1. The number of hydrogen-bond acceptors (Lipinski definition) is 4.